The Balaban J connectivity index is 1.73. The van der Waals surface area contributed by atoms with Gasteiger partial charge in [-0.05, 0) is 62.6 Å². The molecule has 1 unspecified atom stereocenters. The molecule has 44 heavy (non-hydrogen) atoms. The summed E-state index contributed by atoms with van der Waals surface area (Å²) in [5.41, 5.74) is 7.52. The number of benzene rings is 3. The molecule has 0 saturated heterocycles. The summed E-state index contributed by atoms with van der Waals surface area (Å²) in [5, 5.41) is 0. The van der Waals surface area contributed by atoms with E-state index in [-0.39, 0.29) is 13.2 Å². The average Bonchev–Trinajstić information content (AvgIpc) is 3.06. The molecule has 0 aliphatic carbocycles. The Morgan fingerprint density at radius 3 is 1.66 bits per heavy atom. The lowest BCUT2D eigenvalue weighted by Gasteiger charge is -2.31. The number of nitrogens with two attached hydrogens (primary N) is 1. The highest BCUT2D eigenvalue weighted by Crippen LogP contribution is 2.16. The van der Waals surface area contributed by atoms with E-state index in [0.29, 0.717) is 36.3 Å². The molecule has 4 atom stereocenters. The molecule has 0 amide bonds. The summed E-state index contributed by atoms with van der Waals surface area (Å²) < 4.78 is 34.1. The van der Waals surface area contributed by atoms with Gasteiger partial charge in [-0.3, -0.25) is 0 Å². The van der Waals surface area contributed by atoms with Crippen LogP contribution in [0.1, 0.15) is 57.3 Å². The van der Waals surface area contributed by atoms with E-state index < -0.39 is 42.4 Å². The van der Waals surface area contributed by atoms with Gasteiger partial charge in [0.2, 0.25) is 0 Å². The van der Waals surface area contributed by atoms with E-state index in [1.165, 1.54) is 0 Å². The molecule has 0 heterocycles. The van der Waals surface area contributed by atoms with Crippen molar-refractivity contribution in [2.45, 2.75) is 50.7 Å². The molecule has 0 spiro atoms. The molecule has 0 bridgehead atoms. The van der Waals surface area contributed by atoms with Gasteiger partial charge in [0.25, 0.3) is 0 Å². The third-order valence-electron chi connectivity index (χ3n) is 6.56. The number of ether oxygens (including phenoxy) is 6. The molecule has 0 saturated carbocycles. The fourth-order valence-corrected chi connectivity index (χ4v) is 4.06. The van der Waals surface area contributed by atoms with E-state index in [2.05, 4.69) is 0 Å². The van der Waals surface area contributed by atoms with E-state index in [1.807, 2.05) is 0 Å². The number of esters is 3. The van der Waals surface area contributed by atoms with E-state index >= 15 is 0 Å². The summed E-state index contributed by atoms with van der Waals surface area (Å²) in [6.45, 7) is 2.08. The van der Waals surface area contributed by atoms with Gasteiger partial charge in [0.05, 0.1) is 22.7 Å². The summed E-state index contributed by atoms with van der Waals surface area (Å²) in [5.74, 6) is -1.69. The molecule has 0 radical (unpaired) electrons. The Labute approximate surface area is 258 Å². The first-order chi connectivity index (χ1) is 21.4. The van der Waals surface area contributed by atoms with Crippen LogP contribution in [-0.2, 0) is 28.4 Å². The van der Waals surface area contributed by atoms with Gasteiger partial charge in [0.15, 0.2) is 6.29 Å². The zero-order valence-corrected chi connectivity index (χ0v) is 25.2. The largest absolute Gasteiger partial charge is 0.460 e. The van der Waals surface area contributed by atoms with Crippen LogP contribution in [-0.4, -0.2) is 76.0 Å². The Morgan fingerprint density at radius 2 is 1.14 bits per heavy atom. The number of unbranched alkanes of at least 4 members (excludes halogenated alkanes) is 2. The van der Waals surface area contributed by atoms with Gasteiger partial charge in [-0.1, -0.05) is 54.6 Å². The van der Waals surface area contributed by atoms with Gasteiger partial charge in [-0.2, -0.15) is 0 Å². The highest BCUT2D eigenvalue weighted by Gasteiger charge is 2.31. The molecule has 3 aromatic carbocycles. The summed E-state index contributed by atoms with van der Waals surface area (Å²) >= 11 is 0. The number of methoxy groups -OCH3 is 1. The number of hydrogen-bond donors (Lipinski definition) is 1. The predicted molar refractivity (Wildman–Crippen MR) is 163 cm³/mol. The molecule has 0 aliphatic rings. The van der Waals surface area contributed by atoms with Crippen LogP contribution >= 0.6 is 0 Å². The number of rotatable bonds is 19. The monoisotopic (exact) mass is 607 g/mol. The van der Waals surface area contributed by atoms with Crippen molar-refractivity contribution in [1.82, 2.24) is 0 Å². The molecule has 10 nitrogen and oxygen atoms in total. The number of carbonyl (C=O) groups is 3. The maximum absolute atomic E-state index is 12.8. The summed E-state index contributed by atoms with van der Waals surface area (Å²) in [6.07, 6.45) is -0.521. The van der Waals surface area contributed by atoms with Crippen LogP contribution in [0.4, 0.5) is 0 Å². The molecule has 10 heteroatoms. The first-order valence-electron chi connectivity index (χ1n) is 14.6. The molecular formula is C34H41NO9. The van der Waals surface area contributed by atoms with Crippen molar-refractivity contribution in [3.8, 4) is 0 Å². The summed E-state index contributed by atoms with van der Waals surface area (Å²) in [4.78, 5) is 38.1. The van der Waals surface area contributed by atoms with Crippen LogP contribution in [0.5, 0.6) is 0 Å². The zero-order chi connectivity index (χ0) is 31.6. The minimum atomic E-state index is -1.08. The van der Waals surface area contributed by atoms with Crippen LogP contribution in [0.2, 0.25) is 0 Å². The summed E-state index contributed by atoms with van der Waals surface area (Å²) in [6, 6.07) is 24.6. The molecular weight excluding hydrogens is 566 g/mol. The second kappa shape index (κ2) is 19.2. The van der Waals surface area contributed by atoms with Crippen molar-refractivity contribution in [3.05, 3.63) is 108 Å². The van der Waals surface area contributed by atoms with Crippen molar-refractivity contribution in [2.75, 3.05) is 33.5 Å². The minimum Gasteiger partial charge on any atom is -0.460 e. The Morgan fingerprint density at radius 1 is 0.659 bits per heavy atom. The first kappa shape index (κ1) is 34.4. The quantitative estimate of drug-likeness (QED) is 0.0876. The zero-order valence-electron chi connectivity index (χ0n) is 25.2. The molecule has 3 aromatic rings. The predicted octanol–water partition coefficient (Wildman–Crippen LogP) is 4.82. The molecule has 3 rings (SSSR count). The van der Waals surface area contributed by atoms with E-state index in [4.69, 9.17) is 34.2 Å². The Hall–Kier alpha value is -4.09. The van der Waals surface area contributed by atoms with Gasteiger partial charge in [-0.25, -0.2) is 14.4 Å². The van der Waals surface area contributed by atoms with Crippen molar-refractivity contribution < 1.29 is 42.8 Å². The Kier molecular flexibility index (Phi) is 15.0. The SMILES string of the molecule is COCCCCCO[C@H](OC(COC(=O)c1ccccc1)[C@@H](C)OC(=O)c1ccccc1)[C@@H](N)COC(=O)c1ccccc1. The van der Waals surface area contributed by atoms with Gasteiger partial charge in [0, 0.05) is 20.3 Å². The van der Waals surface area contributed by atoms with Gasteiger partial charge < -0.3 is 34.2 Å². The van der Waals surface area contributed by atoms with Crippen LogP contribution in [0.3, 0.4) is 0 Å². The lowest BCUT2D eigenvalue weighted by atomic mass is 10.2. The smallest absolute Gasteiger partial charge is 0.338 e. The number of hydrogen-bond acceptors (Lipinski definition) is 10. The van der Waals surface area contributed by atoms with E-state index in [0.717, 1.165) is 12.8 Å². The third-order valence-corrected chi connectivity index (χ3v) is 6.56. The minimum absolute atomic E-state index is 0.212. The van der Waals surface area contributed by atoms with Gasteiger partial charge in [-0.15, -0.1) is 0 Å². The average molecular weight is 608 g/mol. The maximum Gasteiger partial charge on any atom is 0.338 e. The highest BCUT2D eigenvalue weighted by atomic mass is 16.7. The van der Waals surface area contributed by atoms with E-state index in [9.17, 15) is 14.4 Å². The topological polar surface area (TPSA) is 133 Å². The van der Waals surface area contributed by atoms with Crippen molar-refractivity contribution in [2.24, 2.45) is 5.73 Å². The summed E-state index contributed by atoms with van der Waals surface area (Å²) in [7, 11) is 1.65. The van der Waals surface area contributed by atoms with Crippen molar-refractivity contribution in [1.29, 1.82) is 0 Å². The third kappa shape index (κ3) is 11.9. The van der Waals surface area contributed by atoms with Crippen LogP contribution in [0.25, 0.3) is 0 Å². The fraction of sp³-hybridized carbons (Fsp3) is 0.382. The van der Waals surface area contributed by atoms with Gasteiger partial charge >= 0.3 is 17.9 Å². The van der Waals surface area contributed by atoms with E-state index in [1.54, 1.807) is 105 Å². The molecule has 2 N–H and O–H groups in total. The van der Waals surface area contributed by atoms with Crippen molar-refractivity contribution in [3.63, 3.8) is 0 Å². The second-order valence-corrected chi connectivity index (χ2v) is 10.0. The maximum atomic E-state index is 12.8. The lowest BCUT2D eigenvalue weighted by Crippen LogP contribution is -2.48. The molecule has 0 aliphatic heterocycles. The van der Waals surface area contributed by atoms with Crippen LogP contribution < -0.4 is 5.73 Å². The fourth-order valence-electron chi connectivity index (χ4n) is 4.06. The standard InChI is InChI=1S/C34H41NO9/c1-25(43-33(38)28-19-11-5-12-20-28)30(24-42-32(37)27-17-9-4-10-18-27)44-34(40-22-14-6-13-21-39-2)29(35)23-41-31(36)26-15-7-3-8-16-26/h3-5,7-12,15-20,25,29-30,34H,6,13-14,21-24,35H2,1-2H3/t25-,29+,30?,34-/m1/s1. The first-order valence-corrected chi connectivity index (χ1v) is 14.6. The molecule has 236 valence electrons. The molecule has 0 aromatic heterocycles. The van der Waals surface area contributed by atoms with Crippen LogP contribution in [0.15, 0.2) is 91.0 Å². The highest BCUT2D eigenvalue weighted by molar-refractivity contribution is 5.90. The Bertz CT molecular complexity index is 1260. The van der Waals surface area contributed by atoms with Crippen molar-refractivity contribution >= 4 is 17.9 Å². The lowest BCUT2D eigenvalue weighted by molar-refractivity contribution is -0.210. The second-order valence-electron chi connectivity index (χ2n) is 10.0. The van der Waals surface area contributed by atoms with Crippen LogP contribution in [0, 0.1) is 0 Å². The normalized spacial score (nSPS) is 13.7. The number of carbonyl (C=O) groups excluding carboxylic acids is 3. The van der Waals surface area contributed by atoms with Gasteiger partial charge in [0.1, 0.15) is 25.4 Å². The molecule has 0 fully saturated rings.